The summed E-state index contributed by atoms with van der Waals surface area (Å²) >= 11 is 0. The Morgan fingerprint density at radius 3 is 2.85 bits per heavy atom. The van der Waals surface area contributed by atoms with Crippen molar-refractivity contribution in [3.05, 3.63) is 42.2 Å². The maximum Gasteiger partial charge on any atom is 0.224 e. The maximum absolute atomic E-state index is 12.6. The van der Waals surface area contributed by atoms with Crippen LogP contribution in [-0.2, 0) is 17.8 Å². The molecule has 1 N–H and O–H groups in total. The van der Waals surface area contributed by atoms with E-state index in [0.29, 0.717) is 19.5 Å². The Morgan fingerprint density at radius 1 is 1.27 bits per heavy atom. The van der Waals surface area contributed by atoms with Crippen molar-refractivity contribution in [2.24, 2.45) is 5.41 Å². The molecule has 26 heavy (non-hydrogen) atoms. The Bertz CT molecular complexity index is 677. The number of aliphatic hydroxyl groups is 1. The van der Waals surface area contributed by atoms with Gasteiger partial charge in [0.1, 0.15) is 6.33 Å². The van der Waals surface area contributed by atoms with Crippen molar-refractivity contribution in [1.82, 2.24) is 25.1 Å². The van der Waals surface area contributed by atoms with Crippen molar-refractivity contribution in [3.63, 3.8) is 0 Å². The van der Waals surface area contributed by atoms with E-state index in [4.69, 9.17) is 0 Å². The van der Waals surface area contributed by atoms with E-state index in [1.54, 1.807) is 4.68 Å². The smallest absolute Gasteiger partial charge is 0.224 e. The van der Waals surface area contributed by atoms with E-state index in [1.165, 1.54) is 11.9 Å². The summed E-state index contributed by atoms with van der Waals surface area (Å²) in [5, 5.41) is 21.0. The molecular formula is C19H27N5O2. The van der Waals surface area contributed by atoms with Gasteiger partial charge in [-0.25, -0.2) is 4.68 Å². The number of likely N-dealkylation sites (tertiary alicyclic amines) is 1. The Balaban J connectivity index is 1.51. The van der Waals surface area contributed by atoms with Crippen LogP contribution in [0.5, 0.6) is 0 Å². The molecule has 0 unspecified atom stereocenters. The first kappa shape index (κ1) is 18.5. The zero-order chi connectivity index (χ0) is 18.2. The third-order valence-electron chi connectivity index (χ3n) is 5.31. The first-order chi connectivity index (χ1) is 12.7. The van der Waals surface area contributed by atoms with Crippen molar-refractivity contribution in [3.8, 4) is 0 Å². The van der Waals surface area contributed by atoms with E-state index in [9.17, 15) is 9.90 Å². The quantitative estimate of drug-likeness (QED) is 0.777. The topological polar surface area (TPSA) is 84.1 Å². The van der Waals surface area contributed by atoms with Crippen LogP contribution in [0.1, 0.15) is 37.7 Å². The van der Waals surface area contributed by atoms with Gasteiger partial charge in [-0.1, -0.05) is 30.3 Å². The number of carbonyl (C=O) groups is 1. The molecule has 0 radical (unpaired) electrons. The van der Waals surface area contributed by atoms with Gasteiger partial charge in [-0.2, -0.15) is 0 Å². The number of aliphatic hydroxyl groups excluding tert-OH is 1. The fourth-order valence-electron chi connectivity index (χ4n) is 3.80. The highest BCUT2D eigenvalue weighted by Crippen LogP contribution is 2.35. The van der Waals surface area contributed by atoms with Gasteiger partial charge in [0.2, 0.25) is 5.91 Å². The molecule has 0 spiro atoms. The Morgan fingerprint density at radius 2 is 2.12 bits per heavy atom. The SMILES string of the molecule is O=C(CCn1cnnn1)N1CCC[C@@](CO)(CCCc2ccccc2)C1. The lowest BCUT2D eigenvalue weighted by molar-refractivity contribution is -0.136. The van der Waals surface area contributed by atoms with Gasteiger partial charge in [0.05, 0.1) is 13.2 Å². The van der Waals surface area contributed by atoms with Crippen LogP contribution in [0.25, 0.3) is 0 Å². The van der Waals surface area contributed by atoms with Gasteiger partial charge in [0.15, 0.2) is 0 Å². The summed E-state index contributed by atoms with van der Waals surface area (Å²) < 4.78 is 1.57. The molecule has 7 nitrogen and oxygen atoms in total. The van der Waals surface area contributed by atoms with Gasteiger partial charge in [0, 0.05) is 24.9 Å². The summed E-state index contributed by atoms with van der Waals surface area (Å²) in [4.78, 5) is 14.5. The van der Waals surface area contributed by atoms with E-state index in [2.05, 4.69) is 39.8 Å². The molecule has 1 fully saturated rings. The molecule has 0 saturated carbocycles. The van der Waals surface area contributed by atoms with Gasteiger partial charge < -0.3 is 10.0 Å². The number of tetrazole rings is 1. The van der Waals surface area contributed by atoms with Gasteiger partial charge in [-0.15, -0.1) is 5.10 Å². The number of benzene rings is 1. The molecule has 7 heteroatoms. The van der Waals surface area contributed by atoms with Crippen LogP contribution in [0.2, 0.25) is 0 Å². The van der Waals surface area contributed by atoms with Crippen molar-refractivity contribution in [2.45, 2.75) is 45.1 Å². The molecule has 140 valence electrons. The van der Waals surface area contributed by atoms with E-state index in [0.717, 1.165) is 38.6 Å². The molecule has 0 bridgehead atoms. The van der Waals surface area contributed by atoms with Crippen LogP contribution >= 0.6 is 0 Å². The standard InChI is InChI=1S/C19H27N5O2/c25-15-19(10-4-8-17-6-2-1-3-7-17)11-5-12-23(14-19)18(26)9-13-24-16-20-21-22-24/h1-3,6-7,16,25H,4-5,8-15H2/t19-/m0/s1. The average molecular weight is 357 g/mol. The van der Waals surface area contributed by atoms with Crippen molar-refractivity contribution in [1.29, 1.82) is 0 Å². The average Bonchev–Trinajstić information content (AvgIpc) is 3.21. The summed E-state index contributed by atoms with van der Waals surface area (Å²) in [7, 11) is 0. The number of aromatic nitrogens is 4. The molecule has 1 aromatic carbocycles. The molecule has 1 amide bonds. The van der Waals surface area contributed by atoms with Crippen LogP contribution in [0.15, 0.2) is 36.7 Å². The summed E-state index contributed by atoms with van der Waals surface area (Å²) in [6.07, 6.45) is 6.81. The Kier molecular flexibility index (Phi) is 6.33. The minimum atomic E-state index is -0.169. The largest absolute Gasteiger partial charge is 0.396 e. The monoisotopic (exact) mass is 357 g/mol. The number of piperidine rings is 1. The van der Waals surface area contributed by atoms with Crippen molar-refractivity contribution >= 4 is 5.91 Å². The highest BCUT2D eigenvalue weighted by Gasteiger charge is 2.36. The summed E-state index contributed by atoms with van der Waals surface area (Å²) in [5.74, 6) is 0.112. The normalized spacial score (nSPS) is 20.3. The molecule has 2 heterocycles. The molecule has 0 aliphatic carbocycles. The lowest BCUT2D eigenvalue weighted by atomic mass is 9.76. The van der Waals surface area contributed by atoms with Crippen LogP contribution in [0.4, 0.5) is 0 Å². The van der Waals surface area contributed by atoms with Crippen LogP contribution < -0.4 is 0 Å². The minimum absolute atomic E-state index is 0.112. The second-order valence-corrected chi connectivity index (χ2v) is 7.24. The first-order valence-corrected chi connectivity index (χ1v) is 9.34. The fraction of sp³-hybridized carbons (Fsp3) is 0.579. The number of amides is 1. The van der Waals surface area contributed by atoms with Crippen molar-refractivity contribution in [2.75, 3.05) is 19.7 Å². The van der Waals surface area contributed by atoms with Gasteiger partial charge in [-0.05, 0) is 48.1 Å². The number of rotatable bonds is 8. The summed E-state index contributed by atoms with van der Waals surface area (Å²) in [6.45, 7) is 2.04. The molecule has 1 aliphatic rings. The Labute approximate surface area is 154 Å². The minimum Gasteiger partial charge on any atom is -0.396 e. The zero-order valence-electron chi connectivity index (χ0n) is 15.1. The number of hydrogen-bond acceptors (Lipinski definition) is 5. The van der Waals surface area contributed by atoms with Crippen molar-refractivity contribution < 1.29 is 9.90 Å². The van der Waals surface area contributed by atoms with E-state index >= 15 is 0 Å². The second-order valence-electron chi connectivity index (χ2n) is 7.24. The van der Waals surface area contributed by atoms with Gasteiger partial charge in [-0.3, -0.25) is 4.79 Å². The highest BCUT2D eigenvalue weighted by molar-refractivity contribution is 5.76. The van der Waals surface area contributed by atoms with Crippen LogP contribution in [-0.4, -0.2) is 55.8 Å². The molecule has 1 atom stereocenters. The molecule has 1 saturated heterocycles. The second kappa shape index (κ2) is 8.89. The lowest BCUT2D eigenvalue weighted by Gasteiger charge is -2.42. The van der Waals surface area contributed by atoms with Crippen LogP contribution in [0, 0.1) is 5.41 Å². The molecule has 3 rings (SSSR count). The fourth-order valence-corrected chi connectivity index (χ4v) is 3.80. The predicted octanol–water partition coefficient (Wildman–Crippen LogP) is 1.69. The number of aryl methyl sites for hydroxylation is 2. The highest BCUT2D eigenvalue weighted by atomic mass is 16.3. The Hall–Kier alpha value is -2.28. The van der Waals surface area contributed by atoms with E-state index in [1.807, 2.05) is 11.0 Å². The van der Waals surface area contributed by atoms with E-state index in [-0.39, 0.29) is 17.9 Å². The van der Waals surface area contributed by atoms with Crippen LogP contribution in [0.3, 0.4) is 0 Å². The summed E-state index contributed by atoms with van der Waals surface area (Å²) in [6, 6.07) is 10.4. The lowest BCUT2D eigenvalue weighted by Crippen LogP contribution is -2.48. The van der Waals surface area contributed by atoms with E-state index < -0.39 is 0 Å². The molecule has 1 aromatic heterocycles. The number of hydrogen-bond donors (Lipinski definition) is 1. The predicted molar refractivity (Wildman–Crippen MR) is 97.1 cm³/mol. The molecule has 2 aromatic rings. The molecular weight excluding hydrogens is 330 g/mol. The zero-order valence-corrected chi connectivity index (χ0v) is 15.1. The first-order valence-electron chi connectivity index (χ1n) is 9.34. The summed E-state index contributed by atoms with van der Waals surface area (Å²) in [5.41, 5.74) is 1.16. The third-order valence-corrected chi connectivity index (χ3v) is 5.31. The molecule has 1 aliphatic heterocycles. The maximum atomic E-state index is 12.6. The van der Waals surface area contributed by atoms with Gasteiger partial charge >= 0.3 is 0 Å². The third kappa shape index (κ3) is 4.88. The van der Waals surface area contributed by atoms with Gasteiger partial charge in [0.25, 0.3) is 0 Å². The number of carbonyl (C=O) groups excluding carboxylic acids is 1. The number of nitrogens with zero attached hydrogens (tertiary/aromatic N) is 5.